The van der Waals surface area contributed by atoms with E-state index >= 15 is 0 Å². The third-order valence-corrected chi connectivity index (χ3v) is 3.43. The minimum atomic E-state index is -0.601. The molecule has 0 aliphatic heterocycles. The van der Waals surface area contributed by atoms with E-state index in [2.05, 4.69) is 5.32 Å². The van der Waals surface area contributed by atoms with Crippen LogP contribution in [0.3, 0.4) is 0 Å². The van der Waals surface area contributed by atoms with Crippen LogP contribution in [0.1, 0.15) is 29.7 Å². The lowest BCUT2D eigenvalue weighted by Crippen LogP contribution is -2.24. The normalized spacial score (nSPS) is 12.4. The molecule has 2 aromatic carbocycles. The molecule has 0 saturated carbocycles. The number of hydrogen-bond donors (Lipinski definition) is 1. The van der Waals surface area contributed by atoms with Crippen molar-refractivity contribution in [3.05, 3.63) is 70.5 Å². The van der Waals surface area contributed by atoms with Crippen molar-refractivity contribution in [2.24, 2.45) is 0 Å². The van der Waals surface area contributed by atoms with Gasteiger partial charge in [0.25, 0.3) is 0 Å². The first kappa shape index (κ1) is 15.6. The molecule has 112 valence electrons. The highest BCUT2D eigenvalue weighted by molar-refractivity contribution is 5.31. The molecule has 0 spiro atoms. The molecule has 0 heterocycles. The van der Waals surface area contributed by atoms with Crippen molar-refractivity contribution < 1.29 is 13.2 Å². The number of likely N-dealkylation sites (N-methyl/N-ethyl adjacent to an activating group) is 1. The number of hydrogen-bond acceptors (Lipinski definition) is 1. The third kappa shape index (κ3) is 4.08. The minimum absolute atomic E-state index is 0.188. The summed E-state index contributed by atoms with van der Waals surface area (Å²) in [5, 5.41) is 3.24. The van der Waals surface area contributed by atoms with Gasteiger partial charge in [-0.05, 0) is 60.8 Å². The molecule has 1 atom stereocenters. The molecular weight excluding hydrogens is 275 g/mol. The SMILES string of the molecule is CCNC(Cc1cc(F)cc(F)c1)c1cc(F)ccc1C. The highest BCUT2D eigenvalue weighted by Crippen LogP contribution is 2.23. The fourth-order valence-corrected chi connectivity index (χ4v) is 2.49. The largest absolute Gasteiger partial charge is 0.310 e. The summed E-state index contributed by atoms with van der Waals surface area (Å²) in [5.74, 6) is -1.52. The van der Waals surface area contributed by atoms with Gasteiger partial charge in [0.2, 0.25) is 0 Å². The molecule has 0 bridgehead atoms. The van der Waals surface area contributed by atoms with Gasteiger partial charge in [0, 0.05) is 12.1 Å². The van der Waals surface area contributed by atoms with Gasteiger partial charge in [0.05, 0.1) is 0 Å². The van der Waals surface area contributed by atoms with Gasteiger partial charge < -0.3 is 5.32 Å². The summed E-state index contributed by atoms with van der Waals surface area (Å²) in [6.45, 7) is 4.51. The molecule has 0 aliphatic rings. The number of nitrogens with one attached hydrogen (secondary N) is 1. The second-order valence-corrected chi connectivity index (χ2v) is 5.09. The van der Waals surface area contributed by atoms with Crippen LogP contribution in [0.25, 0.3) is 0 Å². The van der Waals surface area contributed by atoms with Crippen molar-refractivity contribution in [3.63, 3.8) is 0 Å². The van der Waals surface area contributed by atoms with Crippen molar-refractivity contribution in [2.45, 2.75) is 26.3 Å². The molecule has 0 radical (unpaired) electrons. The second-order valence-electron chi connectivity index (χ2n) is 5.09. The third-order valence-electron chi connectivity index (χ3n) is 3.43. The van der Waals surface area contributed by atoms with Crippen LogP contribution in [0.2, 0.25) is 0 Å². The molecular formula is C17H18F3N. The number of rotatable bonds is 5. The standard InChI is InChI=1S/C17H18F3N/c1-3-21-17(16-10-13(18)5-4-11(16)2)8-12-6-14(19)9-15(20)7-12/h4-7,9-10,17,21H,3,8H2,1-2H3. The van der Waals surface area contributed by atoms with Gasteiger partial charge in [-0.2, -0.15) is 0 Å². The lowest BCUT2D eigenvalue weighted by Gasteiger charge is -2.21. The van der Waals surface area contributed by atoms with Gasteiger partial charge in [0.1, 0.15) is 17.5 Å². The molecule has 0 saturated heterocycles. The Morgan fingerprint density at radius 2 is 1.62 bits per heavy atom. The van der Waals surface area contributed by atoms with Crippen molar-refractivity contribution in [1.29, 1.82) is 0 Å². The first-order valence-corrected chi connectivity index (χ1v) is 6.94. The average molecular weight is 293 g/mol. The second kappa shape index (κ2) is 6.76. The van der Waals surface area contributed by atoms with Gasteiger partial charge >= 0.3 is 0 Å². The Morgan fingerprint density at radius 1 is 0.952 bits per heavy atom. The Morgan fingerprint density at radius 3 is 2.24 bits per heavy atom. The van der Waals surface area contributed by atoms with Crippen LogP contribution in [0.5, 0.6) is 0 Å². The lowest BCUT2D eigenvalue weighted by molar-refractivity contribution is 0.531. The van der Waals surface area contributed by atoms with Crippen LogP contribution < -0.4 is 5.32 Å². The first-order valence-electron chi connectivity index (χ1n) is 6.94. The highest BCUT2D eigenvalue weighted by atomic mass is 19.1. The predicted octanol–water partition coefficient (Wildman–Crippen LogP) is 4.31. The Kier molecular flexibility index (Phi) is 5.02. The molecule has 1 nitrogen and oxygen atoms in total. The Bertz CT molecular complexity index is 605. The molecule has 1 unspecified atom stereocenters. The number of aryl methyl sites for hydroxylation is 1. The average Bonchev–Trinajstić information content (AvgIpc) is 2.40. The number of benzene rings is 2. The molecule has 2 rings (SSSR count). The van der Waals surface area contributed by atoms with Crippen LogP contribution >= 0.6 is 0 Å². The van der Waals surface area contributed by atoms with E-state index in [4.69, 9.17) is 0 Å². The summed E-state index contributed by atoms with van der Waals surface area (Å²) < 4.78 is 40.0. The molecule has 0 fully saturated rings. The van der Waals surface area contributed by atoms with E-state index in [1.165, 1.54) is 24.3 Å². The molecule has 0 aliphatic carbocycles. The molecule has 2 aromatic rings. The van der Waals surface area contributed by atoms with Crippen molar-refractivity contribution in [1.82, 2.24) is 5.32 Å². The molecule has 4 heteroatoms. The van der Waals surface area contributed by atoms with Crippen LogP contribution in [0.15, 0.2) is 36.4 Å². The molecule has 1 N–H and O–H groups in total. The molecule has 0 aromatic heterocycles. The summed E-state index contributed by atoms with van der Waals surface area (Å²) in [6, 6.07) is 7.86. The fourth-order valence-electron chi connectivity index (χ4n) is 2.49. The summed E-state index contributed by atoms with van der Waals surface area (Å²) in [5.41, 5.74) is 2.29. The topological polar surface area (TPSA) is 12.0 Å². The van der Waals surface area contributed by atoms with Crippen LogP contribution in [-0.4, -0.2) is 6.54 Å². The van der Waals surface area contributed by atoms with Crippen molar-refractivity contribution >= 4 is 0 Å². The van der Waals surface area contributed by atoms with Gasteiger partial charge in [0.15, 0.2) is 0 Å². The fraction of sp³-hybridized carbons (Fsp3) is 0.294. The summed E-state index contributed by atoms with van der Waals surface area (Å²) in [4.78, 5) is 0. The van der Waals surface area contributed by atoms with E-state index in [0.717, 1.165) is 17.2 Å². The monoisotopic (exact) mass is 293 g/mol. The van der Waals surface area contributed by atoms with Gasteiger partial charge in [-0.1, -0.05) is 13.0 Å². The lowest BCUT2D eigenvalue weighted by atomic mass is 9.95. The van der Waals surface area contributed by atoms with E-state index in [-0.39, 0.29) is 11.9 Å². The first-order chi connectivity index (χ1) is 9.99. The van der Waals surface area contributed by atoms with E-state index in [1.54, 1.807) is 6.07 Å². The van der Waals surface area contributed by atoms with Crippen LogP contribution in [-0.2, 0) is 6.42 Å². The number of halogens is 3. The summed E-state index contributed by atoms with van der Waals surface area (Å²) >= 11 is 0. The van der Waals surface area contributed by atoms with Gasteiger partial charge in [-0.25, -0.2) is 13.2 Å². The Labute approximate surface area is 122 Å². The van der Waals surface area contributed by atoms with Gasteiger partial charge in [-0.15, -0.1) is 0 Å². The zero-order chi connectivity index (χ0) is 15.4. The van der Waals surface area contributed by atoms with E-state index in [9.17, 15) is 13.2 Å². The van der Waals surface area contributed by atoms with Gasteiger partial charge in [-0.3, -0.25) is 0 Å². The van der Waals surface area contributed by atoms with E-state index < -0.39 is 11.6 Å². The molecule has 0 amide bonds. The smallest absolute Gasteiger partial charge is 0.126 e. The molecule has 21 heavy (non-hydrogen) atoms. The summed E-state index contributed by atoms with van der Waals surface area (Å²) in [6.07, 6.45) is 0.396. The predicted molar refractivity (Wildman–Crippen MR) is 77.6 cm³/mol. The maximum atomic E-state index is 13.5. The van der Waals surface area contributed by atoms with Crippen LogP contribution in [0, 0.1) is 24.4 Å². The van der Waals surface area contributed by atoms with Crippen LogP contribution in [0.4, 0.5) is 13.2 Å². The van der Waals surface area contributed by atoms with Crippen molar-refractivity contribution in [3.8, 4) is 0 Å². The quantitative estimate of drug-likeness (QED) is 0.866. The Balaban J connectivity index is 2.32. The summed E-state index contributed by atoms with van der Waals surface area (Å²) in [7, 11) is 0. The van der Waals surface area contributed by atoms with Crippen molar-refractivity contribution in [2.75, 3.05) is 6.54 Å². The maximum Gasteiger partial charge on any atom is 0.126 e. The zero-order valence-corrected chi connectivity index (χ0v) is 12.1. The van der Waals surface area contributed by atoms with E-state index in [1.807, 2.05) is 13.8 Å². The zero-order valence-electron chi connectivity index (χ0n) is 12.1. The minimum Gasteiger partial charge on any atom is -0.310 e. The highest BCUT2D eigenvalue weighted by Gasteiger charge is 2.15. The van der Waals surface area contributed by atoms with E-state index in [0.29, 0.717) is 18.5 Å². The maximum absolute atomic E-state index is 13.5. The Hall–Kier alpha value is -1.81.